The topological polar surface area (TPSA) is 58.6 Å². The van der Waals surface area contributed by atoms with Crippen LogP contribution in [0.2, 0.25) is 0 Å². The summed E-state index contributed by atoms with van der Waals surface area (Å²) in [5.41, 5.74) is 0. The van der Waals surface area contributed by atoms with E-state index in [1.54, 1.807) is 6.92 Å². The van der Waals surface area contributed by atoms with Crippen LogP contribution in [-0.2, 0) is 14.3 Å². The third-order valence-electron chi connectivity index (χ3n) is 2.81. The van der Waals surface area contributed by atoms with E-state index in [1.807, 2.05) is 0 Å². The molecular formula is C11H16F4N2O3. The molecule has 0 unspecified atom stereocenters. The second kappa shape index (κ2) is 6.87. The van der Waals surface area contributed by atoms with Crippen molar-refractivity contribution < 1.29 is 31.9 Å². The van der Waals surface area contributed by atoms with Crippen LogP contribution >= 0.6 is 0 Å². The fraction of sp³-hybridized carbons (Fsp3) is 0.818. The number of hydrogen-bond acceptors (Lipinski definition) is 3. The Balaban J connectivity index is 2.27. The van der Waals surface area contributed by atoms with Gasteiger partial charge in [0.15, 0.2) is 0 Å². The molecule has 9 heteroatoms. The Kier molecular flexibility index (Phi) is 5.73. The first-order chi connectivity index (χ1) is 9.26. The zero-order valence-corrected chi connectivity index (χ0v) is 10.9. The maximum absolute atomic E-state index is 12.5. The van der Waals surface area contributed by atoms with Gasteiger partial charge >= 0.3 is 12.3 Å². The number of likely N-dealkylation sites (tertiary alicyclic amines) is 1. The minimum Gasteiger partial charge on any atom is -0.365 e. The van der Waals surface area contributed by atoms with Crippen molar-refractivity contribution in [1.82, 2.24) is 10.2 Å². The van der Waals surface area contributed by atoms with Gasteiger partial charge in [0, 0.05) is 19.5 Å². The van der Waals surface area contributed by atoms with E-state index >= 15 is 0 Å². The molecule has 116 valence electrons. The predicted molar refractivity (Wildman–Crippen MR) is 60.6 cm³/mol. The Morgan fingerprint density at radius 3 is 2.70 bits per heavy atom. The highest BCUT2D eigenvalue weighted by molar-refractivity contribution is 5.82. The van der Waals surface area contributed by atoms with Gasteiger partial charge in [-0.1, -0.05) is 0 Å². The standard InChI is InChI=1S/C11H16F4N2O3/c1-2-17-4-7(3-9(17)19)16-8(18)5-20-6-11(14,15)10(12)13/h7,10H,2-6H2,1H3,(H,16,18)/t7-/m1/s1. The zero-order chi connectivity index (χ0) is 15.3. The van der Waals surface area contributed by atoms with Gasteiger partial charge in [-0.15, -0.1) is 0 Å². The molecule has 2 amide bonds. The van der Waals surface area contributed by atoms with Crippen LogP contribution in [0.4, 0.5) is 17.6 Å². The largest absolute Gasteiger partial charge is 0.365 e. The van der Waals surface area contributed by atoms with E-state index in [1.165, 1.54) is 4.90 Å². The summed E-state index contributed by atoms with van der Waals surface area (Å²) < 4.78 is 52.9. The van der Waals surface area contributed by atoms with Crippen molar-refractivity contribution in [2.24, 2.45) is 0 Å². The van der Waals surface area contributed by atoms with Crippen LogP contribution < -0.4 is 5.32 Å². The average molecular weight is 300 g/mol. The van der Waals surface area contributed by atoms with Crippen molar-refractivity contribution in [2.45, 2.75) is 31.7 Å². The number of carbonyl (C=O) groups is 2. The molecule has 1 aliphatic heterocycles. The van der Waals surface area contributed by atoms with Gasteiger partial charge in [0.25, 0.3) is 0 Å². The average Bonchev–Trinajstić information content (AvgIpc) is 2.68. The molecule has 20 heavy (non-hydrogen) atoms. The van der Waals surface area contributed by atoms with Crippen LogP contribution in [0.15, 0.2) is 0 Å². The molecule has 1 fully saturated rings. The van der Waals surface area contributed by atoms with Crippen molar-refractivity contribution in [1.29, 1.82) is 0 Å². The van der Waals surface area contributed by atoms with Gasteiger partial charge in [-0.2, -0.15) is 8.78 Å². The zero-order valence-electron chi connectivity index (χ0n) is 10.9. The molecular weight excluding hydrogens is 284 g/mol. The molecule has 1 N–H and O–H groups in total. The monoisotopic (exact) mass is 300 g/mol. The molecule has 0 spiro atoms. The van der Waals surface area contributed by atoms with Crippen LogP contribution in [0, 0.1) is 0 Å². The lowest BCUT2D eigenvalue weighted by atomic mass is 10.2. The molecule has 1 saturated heterocycles. The number of alkyl halides is 4. The number of nitrogens with one attached hydrogen (secondary N) is 1. The lowest BCUT2D eigenvalue weighted by Gasteiger charge is -2.16. The van der Waals surface area contributed by atoms with E-state index < -0.39 is 37.5 Å². The Hall–Kier alpha value is -1.38. The minimum absolute atomic E-state index is 0.108. The van der Waals surface area contributed by atoms with Gasteiger partial charge < -0.3 is 15.0 Å². The smallest absolute Gasteiger partial charge is 0.330 e. The first-order valence-electron chi connectivity index (χ1n) is 6.07. The molecule has 0 radical (unpaired) electrons. The van der Waals surface area contributed by atoms with E-state index in [4.69, 9.17) is 0 Å². The van der Waals surface area contributed by atoms with Gasteiger partial charge in [0.2, 0.25) is 11.8 Å². The highest BCUT2D eigenvalue weighted by atomic mass is 19.3. The maximum atomic E-state index is 12.5. The molecule has 1 atom stereocenters. The lowest BCUT2D eigenvalue weighted by Crippen LogP contribution is -2.40. The molecule has 0 bridgehead atoms. The summed E-state index contributed by atoms with van der Waals surface area (Å²) in [6, 6.07) is -0.408. The van der Waals surface area contributed by atoms with Crippen molar-refractivity contribution in [3.05, 3.63) is 0 Å². The quantitative estimate of drug-likeness (QED) is 0.702. The molecule has 0 aromatic carbocycles. The van der Waals surface area contributed by atoms with Crippen molar-refractivity contribution in [3.63, 3.8) is 0 Å². The molecule has 5 nitrogen and oxygen atoms in total. The summed E-state index contributed by atoms with van der Waals surface area (Å²) in [5.74, 6) is -5.10. The Morgan fingerprint density at radius 1 is 1.55 bits per heavy atom. The highest BCUT2D eigenvalue weighted by Crippen LogP contribution is 2.22. The molecule has 0 saturated carbocycles. The second-order valence-corrected chi connectivity index (χ2v) is 4.46. The summed E-state index contributed by atoms with van der Waals surface area (Å²) in [5, 5.41) is 2.43. The second-order valence-electron chi connectivity index (χ2n) is 4.46. The minimum atomic E-state index is -4.28. The van der Waals surface area contributed by atoms with Crippen LogP contribution in [0.25, 0.3) is 0 Å². The molecule has 1 aliphatic rings. The van der Waals surface area contributed by atoms with E-state index in [-0.39, 0.29) is 12.3 Å². The summed E-state index contributed by atoms with van der Waals surface area (Å²) >= 11 is 0. The van der Waals surface area contributed by atoms with E-state index in [0.717, 1.165) is 0 Å². The van der Waals surface area contributed by atoms with Crippen LogP contribution in [0.3, 0.4) is 0 Å². The van der Waals surface area contributed by atoms with Crippen LogP contribution in [0.5, 0.6) is 0 Å². The lowest BCUT2D eigenvalue weighted by molar-refractivity contribution is -0.168. The van der Waals surface area contributed by atoms with Gasteiger partial charge in [-0.25, -0.2) is 8.78 Å². The first-order valence-corrected chi connectivity index (χ1v) is 6.07. The van der Waals surface area contributed by atoms with Crippen LogP contribution in [0.1, 0.15) is 13.3 Å². The summed E-state index contributed by atoms with van der Waals surface area (Å²) in [7, 11) is 0. The van der Waals surface area contributed by atoms with Crippen molar-refractivity contribution in [3.8, 4) is 0 Å². The SMILES string of the molecule is CCN1C[C@H](NC(=O)COCC(F)(F)C(F)F)CC1=O. The van der Waals surface area contributed by atoms with Gasteiger partial charge in [-0.3, -0.25) is 9.59 Å². The number of carbonyl (C=O) groups excluding carboxylic acids is 2. The van der Waals surface area contributed by atoms with Gasteiger partial charge in [-0.05, 0) is 6.92 Å². The molecule has 1 heterocycles. The number of hydrogen-bond donors (Lipinski definition) is 1. The van der Waals surface area contributed by atoms with Crippen molar-refractivity contribution in [2.75, 3.05) is 26.3 Å². The number of halogens is 4. The van der Waals surface area contributed by atoms with Crippen molar-refractivity contribution >= 4 is 11.8 Å². The molecule has 0 aromatic heterocycles. The predicted octanol–water partition coefficient (Wildman–Crippen LogP) is 0.640. The Labute approximate surface area is 113 Å². The summed E-state index contributed by atoms with van der Waals surface area (Å²) in [6.07, 6.45) is -3.71. The number of nitrogens with zero attached hydrogens (tertiary/aromatic N) is 1. The maximum Gasteiger partial charge on any atom is 0.330 e. The summed E-state index contributed by atoms with van der Waals surface area (Å²) in [4.78, 5) is 24.3. The molecule has 1 rings (SSSR count). The van der Waals surface area contributed by atoms with E-state index in [0.29, 0.717) is 13.1 Å². The number of rotatable bonds is 7. The van der Waals surface area contributed by atoms with Crippen LogP contribution in [-0.4, -0.2) is 61.4 Å². The number of likely N-dealkylation sites (N-methyl/N-ethyl adjacent to an activating group) is 1. The normalized spacial score (nSPS) is 19.8. The third-order valence-corrected chi connectivity index (χ3v) is 2.81. The van der Waals surface area contributed by atoms with Gasteiger partial charge in [0.1, 0.15) is 13.2 Å². The molecule has 0 aliphatic carbocycles. The Morgan fingerprint density at radius 2 is 2.20 bits per heavy atom. The fourth-order valence-electron chi connectivity index (χ4n) is 1.79. The van der Waals surface area contributed by atoms with E-state index in [2.05, 4.69) is 10.1 Å². The molecule has 0 aromatic rings. The van der Waals surface area contributed by atoms with E-state index in [9.17, 15) is 27.2 Å². The van der Waals surface area contributed by atoms with Gasteiger partial charge in [0.05, 0.1) is 6.04 Å². The third kappa shape index (κ3) is 4.62. The highest BCUT2D eigenvalue weighted by Gasteiger charge is 2.41. The Bertz CT molecular complexity index is 366. The fourth-order valence-corrected chi connectivity index (χ4v) is 1.79. The number of ether oxygens (including phenoxy) is 1. The first kappa shape index (κ1) is 16.7. The summed E-state index contributed by atoms with van der Waals surface area (Å²) in [6.45, 7) is 0.371. The number of amides is 2.